The van der Waals surface area contributed by atoms with Gasteiger partial charge in [-0.05, 0) is 49.2 Å². The van der Waals surface area contributed by atoms with Crippen molar-refractivity contribution in [1.82, 2.24) is 0 Å². The van der Waals surface area contributed by atoms with Crippen LogP contribution in [0.15, 0.2) is 35.2 Å². The van der Waals surface area contributed by atoms with E-state index in [4.69, 9.17) is 0 Å². The zero-order chi connectivity index (χ0) is 15.8. The van der Waals surface area contributed by atoms with Gasteiger partial charge in [-0.15, -0.1) is 0 Å². The molecule has 0 aliphatic carbocycles. The lowest BCUT2D eigenvalue weighted by atomic mass is 10.1. The molecular formula is C14H12F3NO2S. The predicted molar refractivity (Wildman–Crippen MR) is 73.0 cm³/mol. The zero-order valence-electron chi connectivity index (χ0n) is 11.2. The Morgan fingerprint density at radius 1 is 0.905 bits per heavy atom. The Morgan fingerprint density at radius 2 is 1.48 bits per heavy atom. The van der Waals surface area contributed by atoms with E-state index in [-0.39, 0.29) is 16.0 Å². The van der Waals surface area contributed by atoms with Crippen LogP contribution in [0.2, 0.25) is 0 Å². The van der Waals surface area contributed by atoms with Crippen LogP contribution in [-0.2, 0) is 10.0 Å². The van der Waals surface area contributed by atoms with Crippen molar-refractivity contribution in [1.29, 1.82) is 0 Å². The molecule has 21 heavy (non-hydrogen) atoms. The van der Waals surface area contributed by atoms with E-state index in [1.165, 1.54) is 13.8 Å². The molecule has 0 saturated heterocycles. The van der Waals surface area contributed by atoms with Gasteiger partial charge in [0, 0.05) is 6.07 Å². The van der Waals surface area contributed by atoms with Crippen molar-refractivity contribution in [3.05, 3.63) is 58.9 Å². The summed E-state index contributed by atoms with van der Waals surface area (Å²) in [4.78, 5) is -0.160. The third-order valence-corrected chi connectivity index (χ3v) is 4.54. The standard InChI is InChI=1S/C14H12F3NO2S/c1-8-5-11(16)6-9(2)14(8)21(19,20)18-13-7-10(15)3-4-12(13)17/h3-7,18H,1-2H3. The minimum atomic E-state index is -4.15. The van der Waals surface area contributed by atoms with Gasteiger partial charge in [0.2, 0.25) is 0 Å². The summed E-state index contributed by atoms with van der Waals surface area (Å²) in [7, 11) is -4.15. The summed E-state index contributed by atoms with van der Waals surface area (Å²) < 4.78 is 66.4. The summed E-state index contributed by atoms with van der Waals surface area (Å²) in [6.45, 7) is 2.85. The molecule has 0 heterocycles. The van der Waals surface area contributed by atoms with Crippen LogP contribution < -0.4 is 4.72 Å². The molecule has 0 spiro atoms. The first-order valence-electron chi connectivity index (χ1n) is 5.95. The van der Waals surface area contributed by atoms with Crippen LogP contribution in [0.1, 0.15) is 11.1 Å². The van der Waals surface area contributed by atoms with E-state index >= 15 is 0 Å². The molecule has 0 amide bonds. The molecular weight excluding hydrogens is 303 g/mol. The fourth-order valence-electron chi connectivity index (χ4n) is 2.09. The Hall–Kier alpha value is -2.02. The summed E-state index contributed by atoms with van der Waals surface area (Å²) >= 11 is 0. The molecule has 0 unspecified atom stereocenters. The lowest BCUT2D eigenvalue weighted by Crippen LogP contribution is -2.17. The van der Waals surface area contributed by atoms with Crippen molar-refractivity contribution in [2.75, 3.05) is 4.72 Å². The molecule has 1 N–H and O–H groups in total. The number of sulfonamides is 1. The van der Waals surface area contributed by atoms with E-state index in [2.05, 4.69) is 0 Å². The number of benzene rings is 2. The normalized spacial score (nSPS) is 11.5. The second kappa shape index (κ2) is 5.40. The summed E-state index contributed by atoms with van der Waals surface area (Å²) in [5.41, 5.74) is -0.147. The van der Waals surface area contributed by atoms with E-state index in [0.717, 1.165) is 30.3 Å². The van der Waals surface area contributed by atoms with Gasteiger partial charge in [0.15, 0.2) is 0 Å². The number of anilines is 1. The average Bonchev–Trinajstić information content (AvgIpc) is 2.31. The molecule has 0 atom stereocenters. The van der Waals surface area contributed by atoms with E-state index in [1.54, 1.807) is 0 Å². The zero-order valence-corrected chi connectivity index (χ0v) is 12.1. The van der Waals surface area contributed by atoms with Crippen molar-refractivity contribution in [3.63, 3.8) is 0 Å². The predicted octanol–water partition coefficient (Wildman–Crippen LogP) is 3.52. The van der Waals surface area contributed by atoms with Crippen LogP contribution in [0.5, 0.6) is 0 Å². The quantitative estimate of drug-likeness (QED) is 0.942. The van der Waals surface area contributed by atoms with E-state index in [9.17, 15) is 21.6 Å². The average molecular weight is 315 g/mol. The number of hydrogen-bond acceptors (Lipinski definition) is 2. The number of halogens is 3. The maximum Gasteiger partial charge on any atom is 0.262 e. The highest BCUT2D eigenvalue weighted by molar-refractivity contribution is 7.92. The van der Waals surface area contributed by atoms with E-state index < -0.39 is 33.2 Å². The lowest BCUT2D eigenvalue weighted by Gasteiger charge is -2.13. The van der Waals surface area contributed by atoms with Gasteiger partial charge in [0.1, 0.15) is 17.5 Å². The SMILES string of the molecule is Cc1cc(F)cc(C)c1S(=O)(=O)Nc1cc(F)ccc1F. The van der Waals surface area contributed by atoms with Gasteiger partial charge in [0.25, 0.3) is 10.0 Å². The van der Waals surface area contributed by atoms with Crippen LogP contribution in [-0.4, -0.2) is 8.42 Å². The van der Waals surface area contributed by atoms with Crippen LogP contribution in [0, 0.1) is 31.3 Å². The summed E-state index contributed by atoms with van der Waals surface area (Å²) in [6, 6.07) is 4.55. The first-order valence-corrected chi connectivity index (χ1v) is 7.43. The Kier molecular flexibility index (Phi) is 3.95. The van der Waals surface area contributed by atoms with Crippen molar-refractivity contribution in [3.8, 4) is 0 Å². The van der Waals surface area contributed by atoms with Gasteiger partial charge >= 0.3 is 0 Å². The fraction of sp³-hybridized carbons (Fsp3) is 0.143. The lowest BCUT2D eigenvalue weighted by molar-refractivity contribution is 0.592. The third kappa shape index (κ3) is 3.18. The molecule has 2 aromatic carbocycles. The highest BCUT2D eigenvalue weighted by Crippen LogP contribution is 2.25. The second-order valence-electron chi connectivity index (χ2n) is 4.60. The molecule has 0 bridgehead atoms. The summed E-state index contributed by atoms with van der Waals surface area (Å²) in [6.07, 6.45) is 0. The third-order valence-electron chi connectivity index (χ3n) is 2.87. The van der Waals surface area contributed by atoms with Crippen molar-refractivity contribution >= 4 is 15.7 Å². The minimum absolute atomic E-state index is 0.160. The van der Waals surface area contributed by atoms with E-state index in [0.29, 0.717) is 0 Å². The molecule has 2 rings (SSSR count). The number of nitrogens with one attached hydrogen (secondary N) is 1. The fourth-order valence-corrected chi connectivity index (χ4v) is 3.61. The molecule has 0 fully saturated rings. The molecule has 0 aliphatic rings. The maximum absolute atomic E-state index is 13.5. The van der Waals surface area contributed by atoms with Crippen LogP contribution in [0.3, 0.4) is 0 Å². The van der Waals surface area contributed by atoms with Crippen LogP contribution in [0.4, 0.5) is 18.9 Å². The van der Waals surface area contributed by atoms with Gasteiger partial charge < -0.3 is 0 Å². The molecule has 0 saturated carbocycles. The minimum Gasteiger partial charge on any atom is -0.277 e. The van der Waals surface area contributed by atoms with Gasteiger partial charge in [-0.3, -0.25) is 4.72 Å². The topological polar surface area (TPSA) is 46.2 Å². The highest BCUT2D eigenvalue weighted by atomic mass is 32.2. The number of rotatable bonds is 3. The summed E-state index contributed by atoms with van der Waals surface area (Å²) in [5.74, 6) is -2.25. The molecule has 0 aliphatic heterocycles. The summed E-state index contributed by atoms with van der Waals surface area (Å²) in [5, 5.41) is 0. The molecule has 112 valence electrons. The van der Waals surface area contributed by atoms with Gasteiger partial charge in [-0.1, -0.05) is 0 Å². The Morgan fingerprint density at radius 3 is 2.05 bits per heavy atom. The Balaban J connectivity index is 2.51. The first-order chi connectivity index (χ1) is 9.70. The first kappa shape index (κ1) is 15.4. The second-order valence-corrected chi connectivity index (χ2v) is 6.22. The number of hydrogen-bond donors (Lipinski definition) is 1. The molecule has 0 aromatic heterocycles. The van der Waals surface area contributed by atoms with Crippen LogP contribution in [0.25, 0.3) is 0 Å². The van der Waals surface area contributed by atoms with Gasteiger partial charge in [-0.25, -0.2) is 21.6 Å². The Bertz CT molecular complexity index is 781. The molecule has 2 aromatic rings. The maximum atomic E-state index is 13.5. The number of aryl methyl sites for hydroxylation is 2. The molecule has 3 nitrogen and oxygen atoms in total. The van der Waals surface area contributed by atoms with Crippen molar-refractivity contribution in [2.24, 2.45) is 0 Å². The molecule has 0 radical (unpaired) electrons. The molecule has 7 heteroatoms. The van der Waals surface area contributed by atoms with Gasteiger partial charge in [0.05, 0.1) is 10.6 Å². The smallest absolute Gasteiger partial charge is 0.262 e. The van der Waals surface area contributed by atoms with Crippen molar-refractivity contribution < 1.29 is 21.6 Å². The van der Waals surface area contributed by atoms with Crippen molar-refractivity contribution in [2.45, 2.75) is 18.7 Å². The monoisotopic (exact) mass is 315 g/mol. The largest absolute Gasteiger partial charge is 0.277 e. The Labute approximate surface area is 120 Å². The van der Waals surface area contributed by atoms with Gasteiger partial charge in [-0.2, -0.15) is 0 Å². The highest BCUT2D eigenvalue weighted by Gasteiger charge is 2.22. The van der Waals surface area contributed by atoms with Crippen LogP contribution >= 0.6 is 0 Å². The van der Waals surface area contributed by atoms with E-state index in [1.807, 2.05) is 4.72 Å².